The lowest BCUT2D eigenvalue weighted by Crippen LogP contribution is -2.37. The molecule has 1 unspecified atom stereocenters. The van der Waals surface area contributed by atoms with E-state index in [2.05, 4.69) is 5.16 Å². The summed E-state index contributed by atoms with van der Waals surface area (Å²) in [5.41, 5.74) is 1.87. The molecule has 0 N–H and O–H groups in total. The van der Waals surface area contributed by atoms with Crippen LogP contribution in [0.4, 0.5) is 0 Å². The molecule has 1 aliphatic carbocycles. The van der Waals surface area contributed by atoms with Gasteiger partial charge >= 0.3 is 0 Å². The van der Waals surface area contributed by atoms with E-state index in [4.69, 9.17) is 14.3 Å². The van der Waals surface area contributed by atoms with E-state index in [0.717, 1.165) is 35.6 Å². The minimum atomic E-state index is -0.0826. The first-order valence-corrected chi connectivity index (χ1v) is 8.58. The van der Waals surface area contributed by atoms with Gasteiger partial charge in [-0.2, -0.15) is 0 Å². The Balaban J connectivity index is 1.35. The molecule has 6 nitrogen and oxygen atoms in total. The molecule has 24 heavy (non-hydrogen) atoms. The molecule has 128 valence electrons. The molecule has 2 heterocycles. The highest BCUT2D eigenvalue weighted by molar-refractivity contribution is 6.01. The van der Waals surface area contributed by atoms with E-state index in [1.807, 2.05) is 25.2 Å². The minimum absolute atomic E-state index is 0.0826. The van der Waals surface area contributed by atoms with E-state index in [1.54, 1.807) is 4.90 Å². The number of benzene rings is 1. The van der Waals surface area contributed by atoms with Gasteiger partial charge in [0.2, 0.25) is 12.7 Å². The second kappa shape index (κ2) is 6.34. The van der Waals surface area contributed by atoms with E-state index in [0.29, 0.717) is 13.0 Å². The van der Waals surface area contributed by atoms with Crippen molar-refractivity contribution in [2.45, 2.75) is 38.2 Å². The third-order valence-corrected chi connectivity index (χ3v) is 5.00. The zero-order chi connectivity index (χ0) is 16.5. The molecule has 2 aliphatic heterocycles. The highest BCUT2D eigenvalue weighted by Crippen LogP contribution is 2.34. The minimum Gasteiger partial charge on any atom is -0.454 e. The number of fused-ring (bicyclic) bond motifs is 1. The van der Waals surface area contributed by atoms with Crippen molar-refractivity contribution in [1.29, 1.82) is 0 Å². The second-order valence-electron chi connectivity index (χ2n) is 6.74. The highest BCUT2D eigenvalue weighted by Gasteiger charge is 2.30. The standard InChI is InChI=1S/C18H22N2O4/c1-20(18(21)12-4-2-3-5-12)10-14-9-15(19-24-14)13-6-7-16-17(8-13)23-11-22-16/h6-8,12,14H,2-5,9-11H2,1H3. The maximum Gasteiger partial charge on any atom is 0.231 e. The van der Waals surface area contributed by atoms with Crippen molar-refractivity contribution in [3.05, 3.63) is 23.8 Å². The topological polar surface area (TPSA) is 60.4 Å². The fourth-order valence-corrected chi connectivity index (χ4v) is 3.65. The Labute approximate surface area is 141 Å². The van der Waals surface area contributed by atoms with Crippen LogP contribution in [0.1, 0.15) is 37.7 Å². The number of oxime groups is 1. The van der Waals surface area contributed by atoms with E-state index in [-0.39, 0.29) is 24.7 Å². The summed E-state index contributed by atoms with van der Waals surface area (Å²) in [5.74, 6) is 1.95. The Morgan fingerprint density at radius 3 is 2.88 bits per heavy atom. The zero-order valence-electron chi connectivity index (χ0n) is 13.9. The van der Waals surface area contributed by atoms with Gasteiger partial charge in [0.1, 0.15) is 0 Å². The van der Waals surface area contributed by atoms with Crippen molar-refractivity contribution in [3.8, 4) is 11.5 Å². The van der Waals surface area contributed by atoms with Gasteiger partial charge in [-0.3, -0.25) is 4.79 Å². The van der Waals surface area contributed by atoms with Crippen molar-refractivity contribution in [1.82, 2.24) is 4.90 Å². The summed E-state index contributed by atoms with van der Waals surface area (Å²) >= 11 is 0. The number of carbonyl (C=O) groups excluding carboxylic acids is 1. The predicted molar refractivity (Wildman–Crippen MR) is 88.2 cm³/mol. The number of nitrogens with zero attached hydrogens (tertiary/aromatic N) is 2. The number of ether oxygens (including phenoxy) is 2. The van der Waals surface area contributed by atoms with Gasteiger partial charge in [0.15, 0.2) is 17.6 Å². The van der Waals surface area contributed by atoms with Crippen molar-refractivity contribution in [3.63, 3.8) is 0 Å². The summed E-state index contributed by atoms with van der Waals surface area (Å²) < 4.78 is 10.7. The smallest absolute Gasteiger partial charge is 0.231 e. The van der Waals surface area contributed by atoms with Crippen molar-refractivity contribution >= 4 is 11.6 Å². The quantitative estimate of drug-likeness (QED) is 0.851. The summed E-state index contributed by atoms with van der Waals surface area (Å²) in [6.07, 6.45) is 4.99. The van der Waals surface area contributed by atoms with Gasteiger partial charge in [-0.05, 0) is 31.0 Å². The maximum atomic E-state index is 12.4. The third kappa shape index (κ3) is 2.92. The number of hydrogen-bond donors (Lipinski definition) is 0. The van der Waals surface area contributed by atoms with Crippen molar-refractivity contribution < 1.29 is 19.1 Å². The Hall–Kier alpha value is -2.24. The van der Waals surface area contributed by atoms with E-state index in [9.17, 15) is 4.79 Å². The molecule has 1 saturated carbocycles. The molecule has 0 aromatic heterocycles. The lowest BCUT2D eigenvalue weighted by atomic mass is 10.0. The molecular weight excluding hydrogens is 308 g/mol. The highest BCUT2D eigenvalue weighted by atomic mass is 16.7. The lowest BCUT2D eigenvalue weighted by Gasteiger charge is -2.23. The first-order chi connectivity index (χ1) is 11.7. The van der Waals surface area contributed by atoms with Gasteiger partial charge < -0.3 is 19.2 Å². The molecule has 1 fully saturated rings. The average molecular weight is 330 g/mol. The van der Waals surface area contributed by atoms with Crippen LogP contribution in [0.2, 0.25) is 0 Å². The summed E-state index contributed by atoms with van der Waals surface area (Å²) in [6.45, 7) is 0.839. The largest absolute Gasteiger partial charge is 0.454 e. The Kier molecular flexibility index (Phi) is 4.04. The Bertz CT molecular complexity index is 667. The van der Waals surface area contributed by atoms with Gasteiger partial charge in [0.05, 0.1) is 12.3 Å². The fourth-order valence-electron chi connectivity index (χ4n) is 3.65. The van der Waals surface area contributed by atoms with E-state index >= 15 is 0 Å². The molecule has 0 spiro atoms. The Morgan fingerprint density at radius 1 is 1.25 bits per heavy atom. The van der Waals surface area contributed by atoms with E-state index < -0.39 is 0 Å². The number of rotatable bonds is 4. The molecule has 1 atom stereocenters. The van der Waals surface area contributed by atoms with Gasteiger partial charge in [-0.25, -0.2) is 0 Å². The van der Waals surface area contributed by atoms with E-state index in [1.165, 1.54) is 12.8 Å². The predicted octanol–water partition coefficient (Wildman–Crippen LogP) is 2.56. The van der Waals surface area contributed by atoms with Crippen LogP contribution in [-0.2, 0) is 9.63 Å². The van der Waals surface area contributed by atoms with Crippen LogP contribution in [-0.4, -0.2) is 43.0 Å². The van der Waals surface area contributed by atoms with Gasteiger partial charge in [-0.15, -0.1) is 0 Å². The van der Waals surface area contributed by atoms with Gasteiger partial charge in [-0.1, -0.05) is 18.0 Å². The lowest BCUT2D eigenvalue weighted by molar-refractivity contribution is -0.135. The molecule has 6 heteroatoms. The molecule has 1 aromatic rings. The van der Waals surface area contributed by atoms with Crippen LogP contribution in [0, 0.1) is 5.92 Å². The summed E-state index contributed by atoms with van der Waals surface area (Å²) in [5, 5.41) is 4.21. The van der Waals surface area contributed by atoms with Crippen LogP contribution < -0.4 is 9.47 Å². The summed E-state index contributed by atoms with van der Waals surface area (Å²) in [4.78, 5) is 19.8. The molecule has 0 saturated heterocycles. The normalized spacial score (nSPS) is 22.4. The molecule has 4 rings (SSSR count). The van der Waals surface area contributed by atoms with Gasteiger partial charge in [0.25, 0.3) is 0 Å². The zero-order valence-corrected chi connectivity index (χ0v) is 13.9. The van der Waals surface area contributed by atoms with Gasteiger partial charge in [0, 0.05) is 24.9 Å². The Morgan fingerprint density at radius 2 is 2.04 bits per heavy atom. The maximum absolute atomic E-state index is 12.4. The van der Waals surface area contributed by atoms with Crippen LogP contribution in [0.25, 0.3) is 0 Å². The molecule has 1 amide bonds. The van der Waals surface area contributed by atoms with Crippen LogP contribution >= 0.6 is 0 Å². The summed E-state index contributed by atoms with van der Waals surface area (Å²) in [6, 6.07) is 5.79. The van der Waals surface area contributed by atoms with Crippen molar-refractivity contribution in [2.24, 2.45) is 11.1 Å². The first-order valence-electron chi connectivity index (χ1n) is 8.58. The van der Waals surface area contributed by atoms with Crippen LogP contribution in [0.3, 0.4) is 0 Å². The fraction of sp³-hybridized carbons (Fsp3) is 0.556. The molecule has 0 radical (unpaired) electrons. The first kappa shape index (κ1) is 15.3. The monoisotopic (exact) mass is 330 g/mol. The third-order valence-electron chi connectivity index (χ3n) is 5.00. The molecule has 3 aliphatic rings. The summed E-state index contributed by atoms with van der Waals surface area (Å²) in [7, 11) is 1.86. The number of amides is 1. The molecular formula is C18H22N2O4. The SMILES string of the molecule is CN(CC1CC(c2ccc3c(c2)OCO3)=NO1)C(=O)C1CCCC1. The number of hydrogen-bond acceptors (Lipinski definition) is 5. The van der Waals surface area contributed by atoms with Crippen LogP contribution in [0.15, 0.2) is 23.4 Å². The second-order valence-corrected chi connectivity index (χ2v) is 6.74. The van der Waals surface area contributed by atoms with Crippen LogP contribution in [0.5, 0.6) is 11.5 Å². The van der Waals surface area contributed by atoms with Crippen molar-refractivity contribution in [2.75, 3.05) is 20.4 Å². The number of carbonyl (C=O) groups is 1. The molecule has 1 aromatic carbocycles. The number of likely N-dealkylation sites (N-methyl/N-ethyl adjacent to an activating group) is 1. The average Bonchev–Trinajstić information content (AvgIpc) is 3.34. The molecule has 0 bridgehead atoms.